The molecular formula is C13H15ClN4O2. The molecule has 0 radical (unpaired) electrons. The molecule has 0 bridgehead atoms. The minimum absolute atomic E-state index is 0.0262. The lowest BCUT2D eigenvalue weighted by molar-refractivity contribution is -0.384. The van der Waals surface area contributed by atoms with Gasteiger partial charge >= 0.3 is 0 Å². The van der Waals surface area contributed by atoms with Gasteiger partial charge in [-0.25, -0.2) is 9.67 Å². The van der Waals surface area contributed by atoms with Gasteiger partial charge in [0, 0.05) is 30.9 Å². The molecule has 2 aromatic rings. The van der Waals surface area contributed by atoms with Crippen molar-refractivity contribution in [3.8, 4) is 5.69 Å². The van der Waals surface area contributed by atoms with Crippen molar-refractivity contribution in [3.63, 3.8) is 0 Å². The number of aromatic nitrogens is 3. The average molecular weight is 295 g/mol. The van der Waals surface area contributed by atoms with Gasteiger partial charge in [0.25, 0.3) is 5.69 Å². The number of alkyl halides is 1. The zero-order valence-electron chi connectivity index (χ0n) is 11.3. The van der Waals surface area contributed by atoms with E-state index >= 15 is 0 Å². The van der Waals surface area contributed by atoms with Crippen molar-refractivity contribution in [1.82, 2.24) is 14.8 Å². The van der Waals surface area contributed by atoms with Crippen LogP contribution in [-0.2, 0) is 18.7 Å². The van der Waals surface area contributed by atoms with Gasteiger partial charge in [-0.15, -0.1) is 11.6 Å². The Labute approximate surface area is 121 Å². The molecule has 1 aromatic heterocycles. The van der Waals surface area contributed by atoms with Crippen LogP contribution in [0.15, 0.2) is 18.2 Å². The molecule has 0 unspecified atom stereocenters. The van der Waals surface area contributed by atoms with E-state index in [0.29, 0.717) is 5.56 Å². The summed E-state index contributed by atoms with van der Waals surface area (Å²) in [7, 11) is 0. The molecule has 0 N–H and O–H groups in total. The van der Waals surface area contributed by atoms with Crippen molar-refractivity contribution < 1.29 is 4.92 Å². The Morgan fingerprint density at radius 3 is 2.65 bits per heavy atom. The maximum absolute atomic E-state index is 10.8. The second kappa shape index (κ2) is 6.00. The summed E-state index contributed by atoms with van der Waals surface area (Å²) >= 11 is 5.91. The first-order valence-electron chi connectivity index (χ1n) is 6.39. The molecule has 0 aliphatic rings. The number of hydrogen-bond acceptors (Lipinski definition) is 4. The molecule has 0 aliphatic heterocycles. The topological polar surface area (TPSA) is 73.8 Å². The standard InChI is InChI=1S/C13H15ClN4O2/c1-3-12-15-13(4-2)17(16-12)11-6-5-10(18(19)20)7-9(11)8-14/h5-7H,3-4,8H2,1-2H3. The fraction of sp³-hybridized carbons (Fsp3) is 0.385. The van der Waals surface area contributed by atoms with Gasteiger partial charge in [0.05, 0.1) is 10.6 Å². The number of halogens is 1. The predicted octanol–water partition coefficient (Wildman–Crippen LogP) is 3.04. The summed E-state index contributed by atoms with van der Waals surface area (Å²) in [6.45, 7) is 3.98. The predicted molar refractivity (Wildman–Crippen MR) is 76.3 cm³/mol. The molecule has 0 spiro atoms. The van der Waals surface area contributed by atoms with Crippen LogP contribution in [0, 0.1) is 10.1 Å². The van der Waals surface area contributed by atoms with E-state index in [1.54, 1.807) is 10.7 Å². The van der Waals surface area contributed by atoms with Crippen molar-refractivity contribution in [1.29, 1.82) is 0 Å². The summed E-state index contributed by atoms with van der Waals surface area (Å²) in [5.41, 5.74) is 1.44. The lowest BCUT2D eigenvalue weighted by Crippen LogP contribution is -2.05. The van der Waals surface area contributed by atoms with E-state index in [0.717, 1.165) is 30.2 Å². The van der Waals surface area contributed by atoms with Gasteiger partial charge in [0.2, 0.25) is 0 Å². The molecule has 0 saturated carbocycles. The molecule has 106 valence electrons. The number of benzene rings is 1. The fourth-order valence-electron chi connectivity index (χ4n) is 1.96. The van der Waals surface area contributed by atoms with E-state index < -0.39 is 4.92 Å². The summed E-state index contributed by atoms with van der Waals surface area (Å²) in [5.74, 6) is 1.75. The SMILES string of the molecule is CCc1nc(CC)n(-c2ccc([N+](=O)[O-])cc2CCl)n1. The molecule has 20 heavy (non-hydrogen) atoms. The molecule has 0 fully saturated rings. The molecule has 1 aromatic carbocycles. The monoisotopic (exact) mass is 294 g/mol. The highest BCUT2D eigenvalue weighted by molar-refractivity contribution is 6.17. The van der Waals surface area contributed by atoms with Gasteiger partial charge in [0.15, 0.2) is 5.82 Å². The van der Waals surface area contributed by atoms with Gasteiger partial charge in [0.1, 0.15) is 5.82 Å². The maximum Gasteiger partial charge on any atom is 0.269 e. The molecule has 2 rings (SSSR count). The highest BCUT2D eigenvalue weighted by Gasteiger charge is 2.15. The van der Waals surface area contributed by atoms with Crippen LogP contribution >= 0.6 is 11.6 Å². The van der Waals surface area contributed by atoms with Gasteiger partial charge in [-0.1, -0.05) is 13.8 Å². The lowest BCUT2D eigenvalue weighted by Gasteiger charge is -2.09. The number of hydrogen-bond donors (Lipinski definition) is 0. The molecule has 0 aliphatic carbocycles. The highest BCUT2D eigenvalue weighted by atomic mass is 35.5. The second-order valence-corrected chi connectivity index (χ2v) is 4.53. The Bertz CT molecular complexity index is 639. The zero-order valence-corrected chi connectivity index (χ0v) is 12.1. The van der Waals surface area contributed by atoms with E-state index in [2.05, 4.69) is 10.1 Å². The van der Waals surface area contributed by atoms with Crippen molar-refractivity contribution >= 4 is 17.3 Å². The molecule has 7 heteroatoms. The van der Waals surface area contributed by atoms with Crippen molar-refractivity contribution in [2.45, 2.75) is 32.6 Å². The number of nitrogens with zero attached hydrogens (tertiary/aromatic N) is 4. The van der Waals surface area contributed by atoms with Crippen molar-refractivity contribution in [2.75, 3.05) is 0 Å². The maximum atomic E-state index is 10.8. The Morgan fingerprint density at radius 1 is 1.35 bits per heavy atom. The Morgan fingerprint density at radius 2 is 2.10 bits per heavy atom. The van der Waals surface area contributed by atoms with Crippen LogP contribution in [0.2, 0.25) is 0 Å². The Balaban J connectivity index is 2.57. The van der Waals surface area contributed by atoms with Crippen LogP contribution in [0.25, 0.3) is 5.69 Å². The molecule has 0 amide bonds. The fourth-order valence-corrected chi connectivity index (χ4v) is 2.18. The summed E-state index contributed by atoms with van der Waals surface area (Å²) < 4.78 is 1.72. The van der Waals surface area contributed by atoms with Crippen LogP contribution in [0.1, 0.15) is 31.1 Å². The van der Waals surface area contributed by atoms with E-state index in [9.17, 15) is 10.1 Å². The Kier molecular flexibility index (Phi) is 4.34. The van der Waals surface area contributed by atoms with Crippen molar-refractivity contribution in [2.24, 2.45) is 0 Å². The Hall–Kier alpha value is -1.95. The molecule has 1 heterocycles. The first-order chi connectivity index (χ1) is 9.60. The summed E-state index contributed by atoms with van der Waals surface area (Å²) in [6.07, 6.45) is 1.47. The quantitative estimate of drug-likeness (QED) is 0.482. The third kappa shape index (κ3) is 2.65. The van der Waals surface area contributed by atoms with E-state index in [1.807, 2.05) is 13.8 Å². The van der Waals surface area contributed by atoms with E-state index in [-0.39, 0.29) is 11.6 Å². The van der Waals surface area contributed by atoms with E-state index in [1.165, 1.54) is 12.1 Å². The number of nitro groups is 1. The van der Waals surface area contributed by atoms with Gasteiger partial charge < -0.3 is 0 Å². The molecular weight excluding hydrogens is 280 g/mol. The first-order valence-corrected chi connectivity index (χ1v) is 6.92. The third-order valence-electron chi connectivity index (χ3n) is 3.00. The summed E-state index contributed by atoms with van der Waals surface area (Å²) in [6, 6.07) is 4.61. The largest absolute Gasteiger partial charge is 0.269 e. The van der Waals surface area contributed by atoms with Gasteiger partial charge in [-0.3, -0.25) is 10.1 Å². The smallest absolute Gasteiger partial charge is 0.258 e. The van der Waals surface area contributed by atoms with Crippen LogP contribution in [0.3, 0.4) is 0 Å². The number of non-ortho nitro benzene ring substituents is 1. The minimum Gasteiger partial charge on any atom is -0.258 e. The van der Waals surface area contributed by atoms with Gasteiger partial charge in [-0.05, 0) is 11.6 Å². The van der Waals surface area contributed by atoms with Crippen LogP contribution in [0.4, 0.5) is 5.69 Å². The van der Waals surface area contributed by atoms with Crippen LogP contribution in [0.5, 0.6) is 0 Å². The van der Waals surface area contributed by atoms with Gasteiger partial charge in [-0.2, -0.15) is 5.10 Å². The van der Waals surface area contributed by atoms with E-state index in [4.69, 9.17) is 11.6 Å². The number of rotatable bonds is 5. The highest BCUT2D eigenvalue weighted by Crippen LogP contribution is 2.23. The first kappa shape index (κ1) is 14.5. The zero-order chi connectivity index (χ0) is 14.7. The van der Waals surface area contributed by atoms with Crippen LogP contribution in [-0.4, -0.2) is 19.7 Å². The van der Waals surface area contributed by atoms with Crippen LogP contribution < -0.4 is 0 Å². The normalized spacial score (nSPS) is 10.8. The molecule has 6 nitrogen and oxygen atoms in total. The second-order valence-electron chi connectivity index (χ2n) is 4.27. The summed E-state index contributed by atoms with van der Waals surface area (Å²) in [4.78, 5) is 14.8. The summed E-state index contributed by atoms with van der Waals surface area (Å²) in [5, 5.41) is 15.2. The lowest BCUT2D eigenvalue weighted by atomic mass is 10.1. The average Bonchev–Trinajstić information content (AvgIpc) is 2.89. The number of nitro benzene ring substituents is 1. The minimum atomic E-state index is -0.431. The number of aryl methyl sites for hydroxylation is 2. The molecule has 0 saturated heterocycles. The molecule has 0 atom stereocenters. The van der Waals surface area contributed by atoms with Crippen molar-refractivity contribution in [3.05, 3.63) is 45.5 Å². The third-order valence-corrected chi connectivity index (χ3v) is 3.28.